The monoisotopic (exact) mass is 311 g/mol. The number of carbonyl (C=O) groups is 1. The van der Waals surface area contributed by atoms with E-state index in [0.29, 0.717) is 0 Å². The molecule has 0 atom stereocenters. The molecule has 0 aliphatic rings. The Balaban J connectivity index is 2.37. The van der Waals surface area contributed by atoms with Crippen LogP contribution >= 0.6 is 0 Å². The van der Waals surface area contributed by atoms with Crippen LogP contribution in [0.25, 0.3) is 5.82 Å². The minimum Gasteiger partial charge on any atom is -0.493 e. The first-order valence-corrected chi connectivity index (χ1v) is 7.84. The molecule has 2 aromatic heterocycles. The summed E-state index contributed by atoms with van der Waals surface area (Å²) in [6.07, 6.45) is 3.36. The molecular weight excluding hydrogens is 298 g/mol. The molecule has 2 rings (SSSR count). The molecule has 8 nitrogen and oxygen atoms in total. The standard InChI is InChI=1S/C12H13N3O5S/c1-3-20-12(17)9-7-14-15(11(9)16)10-5-4-8(6-13-10)21(2,18)19/h4-7,16H,3H2,1-2H3. The fourth-order valence-corrected chi connectivity index (χ4v) is 2.14. The van der Waals surface area contributed by atoms with Crippen LogP contribution < -0.4 is 0 Å². The van der Waals surface area contributed by atoms with E-state index in [-0.39, 0.29) is 22.9 Å². The van der Waals surface area contributed by atoms with Crippen molar-refractivity contribution in [1.82, 2.24) is 14.8 Å². The van der Waals surface area contributed by atoms with Gasteiger partial charge in [-0.1, -0.05) is 0 Å². The molecule has 0 saturated heterocycles. The Hall–Kier alpha value is -2.42. The lowest BCUT2D eigenvalue weighted by Crippen LogP contribution is -2.05. The molecule has 0 fully saturated rings. The van der Waals surface area contributed by atoms with Crippen LogP contribution in [0.5, 0.6) is 5.88 Å². The van der Waals surface area contributed by atoms with Crippen LogP contribution in [0.4, 0.5) is 0 Å². The molecule has 0 radical (unpaired) electrons. The first-order chi connectivity index (χ1) is 9.84. The van der Waals surface area contributed by atoms with Crippen molar-refractivity contribution in [2.45, 2.75) is 11.8 Å². The maximum absolute atomic E-state index is 11.6. The molecule has 0 aliphatic heterocycles. The van der Waals surface area contributed by atoms with Gasteiger partial charge >= 0.3 is 5.97 Å². The summed E-state index contributed by atoms with van der Waals surface area (Å²) in [5.41, 5.74) is -0.0918. The Labute approximate surface area is 120 Å². The maximum Gasteiger partial charge on any atom is 0.345 e. The Kier molecular flexibility index (Phi) is 3.94. The van der Waals surface area contributed by atoms with E-state index in [1.807, 2.05) is 0 Å². The normalized spacial score (nSPS) is 11.3. The van der Waals surface area contributed by atoms with Crippen LogP contribution in [0.2, 0.25) is 0 Å². The van der Waals surface area contributed by atoms with Crippen molar-refractivity contribution < 1.29 is 23.1 Å². The summed E-state index contributed by atoms with van der Waals surface area (Å²) >= 11 is 0. The summed E-state index contributed by atoms with van der Waals surface area (Å²) in [7, 11) is -3.36. The van der Waals surface area contributed by atoms with E-state index in [2.05, 4.69) is 10.1 Å². The van der Waals surface area contributed by atoms with Crippen molar-refractivity contribution >= 4 is 15.8 Å². The van der Waals surface area contributed by atoms with Crippen molar-refractivity contribution in [2.24, 2.45) is 0 Å². The van der Waals surface area contributed by atoms with Crippen LogP contribution in [0.15, 0.2) is 29.4 Å². The molecule has 0 bridgehead atoms. The highest BCUT2D eigenvalue weighted by atomic mass is 32.2. The number of rotatable bonds is 4. The molecule has 1 N–H and O–H groups in total. The number of pyridine rings is 1. The van der Waals surface area contributed by atoms with Gasteiger partial charge in [-0.15, -0.1) is 0 Å². The molecular formula is C12H13N3O5S. The quantitative estimate of drug-likeness (QED) is 0.821. The number of hydrogen-bond acceptors (Lipinski definition) is 7. The van der Waals surface area contributed by atoms with Gasteiger partial charge in [-0.25, -0.2) is 18.2 Å². The minimum atomic E-state index is -3.36. The zero-order valence-electron chi connectivity index (χ0n) is 11.3. The zero-order chi connectivity index (χ0) is 15.6. The first-order valence-electron chi connectivity index (χ1n) is 5.95. The third-order valence-corrected chi connectivity index (χ3v) is 3.70. The van der Waals surface area contributed by atoms with E-state index in [1.54, 1.807) is 6.92 Å². The van der Waals surface area contributed by atoms with E-state index in [0.717, 1.165) is 23.3 Å². The first kappa shape index (κ1) is 15.0. The van der Waals surface area contributed by atoms with E-state index in [1.165, 1.54) is 12.1 Å². The lowest BCUT2D eigenvalue weighted by atomic mass is 10.3. The second-order valence-electron chi connectivity index (χ2n) is 4.14. The summed E-state index contributed by atoms with van der Waals surface area (Å²) < 4.78 is 28.5. The number of nitrogens with zero attached hydrogens (tertiary/aromatic N) is 3. The molecule has 0 saturated carbocycles. The Morgan fingerprint density at radius 2 is 2.10 bits per heavy atom. The fraction of sp³-hybridized carbons (Fsp3) is 0.250. The molecule has 2 aromatic rings. The number of carbonyl (C=O) groups excluding carboxylic acids is 1. The van der Waals surface area contributed by atoms with Crippen molar-refractivity contribution in [1.29, 1.82) is 0 Å². The van der Waals surface area contributed by atoms with Gasteiger partial charge in [0.2, 0.25) is 5.88 Å². The number of ether oxygens (including phenoxy) is 1. The molecule has 0 unspecified atom stereocenters. The Morgan fingerprint density at radius 1 is 1.38 bits per heavy atom. The average molecular weight is 311 g/mol. The van der Waals surface area contributed by atoms with E-state index >= 15 is 0 Å². The van der Waals surface area contributed by atoms with Crippen molar-refractivity contribution in [3.63, 3.8) is 0 Å². The molecule has 112 valence electrons. The van der Waals surface area contributed by atoms with Gasteiger partial charge in [-0.2, -0.15) is 9.78 Å². The maximum atomic E-state index is 11.6. The van der Waals surface area contributed by atoms with Crippen LogP contribution in [0.1, 0.15) is 17.3 Å². The minimum absolute atomic E-state index is 0.0449. The Bertz CT molecular complexity index is 765. The molecule has 21 heavy (non-hydrogen) atoms. The number of hydrogen-bond donors (Lipinski definition) is 1. The SMILES string of the molecule is CCOC(=O)c1cnn(-c2ccc(S(C)(=O)=O)cn2)c1O. The fourth-order valence-electron chi connectivity index (χ4n) is 1.58. The highest BCUT2D eigenvalue weighted by Gasteiger charge is 2.19. The second-order valence-corrected chi connectivity index (χ2v) is 6.15. The lowest BCUT2D eigenvalue weighted by molar-refractivity contribution is 0.0523. The third-order valence-electron chi connectivity index (χ3n) is 2.61. The van der Waals surface area contributed by atoms with Crippen LogP contribution in [0, 0.1) is 0 Å². The Morgan fingerprint density at radius 3 is 2.62 bits per heavy atom. The predicted octanol–water partition coefficient (Wildman–Crippen LogP) is 0.553. The molecule has 2 heterocycles. The van der Waals surface area contributed by atoms with Crippen LogP contribution in [-0.4, -0.2) is 47.1 Å². The molecule has 0 spiro atoms. The van der Waals surface area contributed by atoms with E-state index in [9.17, 15) is 18.3 Å². The number of aromatic hydroxyl groups is 1. The molecule has 0 amide bonds. The van der Waals surface area contributed by atoms with Gasteiger partial charge in [0.1, 0.15) is 5.56 Å². The van der Waals surface area contributed by atoms with Gasteiger partial charge in [0.05, 0.1) is 17.7 Å². The van der Waals surface area contributed by atoms with Gasteiger partial charge in [-0.3, -0.25) is 0 Å². The lowest BCUT2D eigenvalue weighted by Gasteiger charge is -2.04. The molecule has 9 heteroatoms. The highest BCUT2D eigenvalue weighted by molar-refractivity contribution is 7.90. The van der Waals surface area contributed by atoms with Crippen molar-refractivity contribution in [3.8, 4) is 11.7 Å². The molecule has 0 aliphatic carbocycles. The largest absolute Gasteiger partial charge is 0.493 e. The number of aromatic nitrogens is 3. The topological polar surface area (TPSA) is 111 Å². The van der Waals surface area contributed by atoms with Crippen LogP contribution in [0.3, 0.4) is 0 Å². The van der Waals surface area contributed by atoms with Crippen molar-refractivity contribution in [2.75, 3.05) is 12.9 Å². The number of esters is 1. The van der Waals surface area contributed by atoms with Gasteiger partial charge in [0, 0.05) is 12.5 Å². The second kappa shape index (κ2) is 5.52. The summed E-state index contributed by atoms with van der Waals surface area (Å²) in [4.78, 5) is 15.5. The average Bonchev–Trinajstić information content (AvgIpc) is 2.80. The summed E-state index contributed by atoms with van der Waals surface area (Å²) in [6, 6.07) is 2.71. The van der Waals surface area contributed by atoms with Crippen LogP contribution in [-0.2, 0) is 14.6 Å². The summed E-state index contributed by atoms with van der Waals surface area (Å²) in [5.74, 6) is -0.947. The highest BCUT2D eigenvalue weighted by Crippen LogP contribution is 2.21. The summed E-state index contributed by atoms with van der Waals surface area (Å²) in [5, 5.41) is 13.8. The molecule has 0 aromatic carbocycles. The van der Waals surface area contributed by atoms with Gasteiger partial charge in [0.25, 0.3) is 0 Å². The van der Waals surface area contributed by atoms with Crippen molar-refractivity contribution in [3.05, 3.63) is 30.1 Å². The number of sulfone groups is 1. The third kappa shape index (κ3) is 3.02. The smallest absolute Gasteiger partial charge is 0.345 e. The summed E-state index contributed by atoms with van der Waals surface area (Å²) in [6.45, 7) is 1.82. The predicted molar refractivity (Wildman–Crippen MR) is 72.1 cm³/mol. The van der Waals surface area contributed by atoms with Gasteiger partial charge in [0.15, 0.2) is 15.7 Å². The van der Waals surface area contributed by atoms with E-state index < -0.39 is 21.7 Å². The van der Waals surface area contributed by atoms with E-state index in [4.69, 9.17) is 4.74 Å². The zero-order valence-corrected chi connectivity index (χ0v) is 12.2. The van der Waals surface area contributed by atoms with Gasteiger partial charge in [-0.05, 0) is 19.1 Å². The van der Waals surface area contributed by atoms with Gasteiger partial charge < -0.3 is 9.84 Å².